The number of carboxylic acids is 1. The summed E-state index contributed by atoms with van der Waals surface area (Å²) in [4.78, 5) is 26.4. The zero-order valence-corrected chi connectivity index (χ0v) is 14.2. The summed E-state index contributed by atoms with van der Waals surface area (Å²) in [5.41, 5.74) is -0.446. The summed E-state index contributed by atoms with van der Waals surface area (Å²) in [6.07, 6.45) is 1.77. The number of thioether (sulfide) groups is 1. The molecular weight excluding hydrogens is 358 g/mol. The fourth-order valence-electron chi connectivity index (χ4n) is 1.78. The molecule has 0 saturated heterocycles. The van der Waals surface area contributed by atoms with E-state index in [1.807, 2.05) is 0 Å². The van der Waals surface area contributed by atoms with Gasteiger partial charge in [-0.3, -0.25) is 5.32 Å². The number of benzene rings is 1. The molecule has 0 fully saturated rings. The molecule has 10 nitrogen and oxygen atoms in total. The van der Waals surface area contributed by atoms with Crippen LogP contribution in [0, 0.1) is 0 Å². The molecule has 24 heavy (non-hydrogen) atoms. The molecule has 1 aromatic carbocycles. The van der Waals surface area contributed by atoms with Gasteiger partial charge >= 0.3 is 12.0 Å². The van der Waals surface area contributed by atoms with Gasteiger partial charge in [-0.1, -0.05) is 23.9 Å². The minimum Gasteiger partial charge on any atom is -0.478 e. The Morgan fingerprint density at radius 3 is 2.54 bits per heavy atom. The Kier molecular flexibility index (Phi) is 5.09. The number of urea groups is 1. The number of aryl methyl sites for hydroxylation is 1. The number of amides is 2. The van der Waals surface area contributed by atoms with Gasteiger partial charge in [0.05, 0.1) is 5.56 Å². The summed E-state index contributed by atoms with van der Waals surface area (Å²) in [5, 5.41) is 15.6. The van der Waals surface area contributed by atoms with Gasteiger partial charge in [0.1, 0.15) is 4.90 Å². The Morgan fingerprint density at radius 1 is 1.29 bits per heavy atom. The molecule has 2 amide bonds. The average molecular weight is 371 g/mol. The minimum absolute atomic E-state index is 0.0823. The maximum atomic E-state index is 12.2. The van der Waals surface area contributed by atoms with E-state index < -0.39 is 32.5 Å². The van der Waals surface area contributed by atoms with Gasteiger partial charge in [-0.25, -0.2) is 27.4 Å². The topological polar surface area (TPSA) is 143 Å². The predicted octanol–water partition coefficient (Wildman–Crippen LogP) is 0.746. The fraction of sp³-hybridized carbons (Fsp3) is 0.167. The SMILES string of the molecule is CSc1nc(NC(=O)NS(=O)(=O)c2ccccc2C(=O)O)nn1C. The first-order valence-corrected chi connectivity index (χ1v) is 9.06. The number of carboxylic acid groups (broad SMARTS) is 1. The Balaban J connectivity index is 2.20. The predicted molar refractivity (Wildman–Crippen MR) is 85.5 cm³/mol. The van der Waals surface area contributed by atoms with Gasteiger partial charge in [0.15, 0.2) is 5.16 Å². The number of rotatable bonds is 5. The van der Waals surface area contributed by atoms with Gasteiger partial charge < -0.3 is 5.11 Å². The van der Waals surface area contributed by atoms with E-state index in [4.69, 9.17) is 5.11 Å². The number of aromatic nitrogens is 3. The summed E-state index contributed by atoms with van der Waals surface area (Å²) in [7, 11) is -2.76. The van der Waals surface area contributed by atoms with Gasteiger partial charge in [-0.05, 0) is 18.4 Å². The van der Waals surface area contributed by atoms with Gasteiger partial charge in [-0.2, -0.15) is 4.98 Å². The maximum absolute atomic E-state index is 12.2. The van der Waals surface area contributed by atoms with Crippen molar-refractivity contribution in [3.63, 3.8) is 0 Å². The zero-order chi connectivity index (χ0) is 17.9. The van der Waals surface area contributed by atoms with Gasteiger partial charge in [0.2, 0.25) is 0 Å². The van der Waals surface area contributed by atoms with Crippen LogP contribution in [-0.2, 0) is 17.1 Å². The fourth-order valence-corrected chi connectivity index (χ4v) is 3.37. The highest BCUT2D eigenvalue weighted by molar-refractivity contribution is 7.98. The molecule has 0 atom stereocenters. The van der Waals surface area contributed by atoms with Crippen molar-refractivity contribution in [1.82, 2.24) is 19.5 Å². The van der Waals surface area contributed by atoms with Gasteiger partial charge in [-0.15, -0.1) is 5.10 Å². The summed E-state index contributed by atoms with van der Waals surface area (Å²) in [6, 6.07) is 3.84. The van der Waals surface area contributed by atoms with Crippen LogP contribution in [0.5, 0.6) is 0 Å². The molecular formula is C12H13N5O5S2. The number of nitrogens with zero attached hydrogens (tertiary/aromatic N) is 3. The molecule has 0 aliphatic heterocycles. The first kappa shape index (κ1) is 17.7. The number of aromatic carboxylic acids is 1. The van der Waals surface area contributed by atoms with E-state index in [1.165, 1.54) is 28.6 Å². The smallest absolute Gasteiger partial charge is 0.337 e. The highest BCUT2D eigenvalue weighted by Gasteiger charge is 2.24. The second-order valence-electron chi connectivity index (χ2n) is 4.41. The van der Waals surface area contributed by atoms with Crippen molar-refractivity contribution in [2.24, 2.45) is 7.05 Å². The lowest BCUT2D eigenvalue weighted by molar-refractivity contribution is 0.0692. The normalized spacial score (nSPS) is 11.1. The Hall–Kier alpha value is -2.60. The summed E-state index contributed by atoms with van der Waals surface area (Å²) in [5.74, 6) is -1.51. The lowest BCUT2D eigenvalue weighted by atomic mass is 10.2. The van der Waals surface area contributed by atoms with E-state index in [-0.39, 0.29) is 5.95 Å². The molecule has 3 N–H and O–H groups in total. The van der Waals surface area contributed by atoms with Crippen LogP contribution in [0.3, 0.4) is 0 Å². The largest absolute Gasteiger partial charge is 0.478 e. The van der Waals surface area contributed by atoms with Gasteiger partial charge in [0, 0.05) is 7.05 Å². The van der Waals surface area contributed by atoms with Crippen molar-refractivity contribution in [3.05, 3.63) is 29.8 Å². The van der Waals surface area contributed by atoms with Crippen LogP contribution in [0.25, 0.3) is 0 Å². The molecule has 0 aliphatic rings. The number of carbonyl (C=O) groups is 2. The van der Waals surface area contributed by atoms with Crippen LogP contribution in [0.4, 0.5) is 10.7 Å². The highest BCUT2D eigenvalue weighted by Crippen LogP contribution is 2.16. The summed E-state index contributed by atoms with van der Waals surface area (Å²) < 4.78 is 27.5. The van der Waals surface area contributed by atoms with Crippen LogP contribution >= 0.6 is 11.8 Å². The molecule has 0 radical (unpaired) electrons. The number of nitrogens with one attached hydrogen (secondary N) is 2. The van der Waals surface area contributed by atoms with Crippen molar-refractivity contribution in [2.45, 2.75) is 10.1 Å². The van der Waals surface area contributed by atoms with E-state index in [0.29, 0.717) is 5.16 Å². The summed E-state index contributed by atoms with van der Waals surface area (Å²) >= 11 is 1.29. The maximum Gasteiger partial charge on any atom is 0.337 e. The third kappa shape index (κ3) is 3.83. The van der Waals surface area contributed by atoms with Crippen LogP contribution in [-0.4, -0.2) is 46.5 Å². The lowest BCUT2D eigenvalue weighted by Gasteiger charge is -2.09. The van der Waals surface area contributed by atoms with E-state index in [2.05, 4.69) is 15.4 Å². The first-order chi connectivity index (χ1) is 11.2. The van der Waals surface area contributed by atoms with Crippen molar-refractivity contribution in [3.8, 4) is 0 Å². The van der Waals surface area contributed by atoms with Crippen molar-refractivity contribution in [2.75, 3.05) is 11.6 Å². The van der Waals surface area contributed by atoms with Crippen LogP contribution in [0.15, 0.2) is 34.3 Å². The molecule has 0 aliphatic carbocycles. The Morgan fingerprint density at radius 2 is 1.96 bits per heavy atom. The van der Waals surface area contributed by atoms with Crippen molar-refractivity contribution >= 4 is 39.7 Å². The molecule has 2 aromatic rings. The minimum atomic E-state index is -4.37. The molecule has 1 heterocycles. The number of carbonyl (C=O) groups excluding carboxylic acids is 1. The molecule has 0 spiro atoms. The zero-order valence-electron chi connectivity index (χ0n) is 12.5. The average Bonchev–Trinajstić information content (AvgIpc) is 2.86. The van der Waals surface area contributed by atoms with Crippen LogP contribution < -0.4 is 10.0 Å². The van der Waals surface area contributed by atoms with E-state index in [0.717, 1.165) is 12.1 Å². The standard InChI is InChI=1S/C12H13N5O5S2/c1-17-12(23-2)14-10(15-17)13-11(20)16-24(21,22)8-6-4-3-5-7(8)9(18)19/h3-6H,1-2H3,(H,18,19)(H2,13,15,16,20). The molecule has 1 aromatic heterocycles. The molecule has 12 heteroatoms. The number of sulfonamides is 1. The number of anilines is 1. The monoisotopic (exact) mass is 371 g/mol. The third-order valence-corrected chi connectivity index (χ3v) is 4.87. The molecule has 0 saturated carbocycles. The van der Waals surface area contributed by atoms with Gasteiger partial charge in [0.25, 0.3) is 16.0 Å². The van der Waals surface area contributed by atoms with E-state index in [9.17, 15) is 18.0 Å². The van der Waals surface area contributed by atoms with Crippen molar-refractivity contribution < 1.29 is 23.1 Å². The molecule has 128 valence electrons. The number of hydrogen-bond donors (Lipinski definition) is 3. The Labute approximate surface area is 141 Å². The highest BCUT2D eigenvalue weighted by atomic mass is 32.2. The van der Waals surface area contributed by atoms with Crippen LogP contribution in [0.1, 0.15) is 10.4 Å². The summed E-state index contributed by atoms with van der Waals surface area (Å²) in [6.45, 7) is 0. The van der Waals surface area contributed by atoms with E-state index >= 15 is 0 Å². The van der Waals surface area contributed by atoms with E-state index in [1.54, 1.807) is 18.0 Å². The lowest BCUT2D eigenvalue weighted by Crippen LogP contribution is -2.35. The first-order valence-electron chi connectivity index (χ1n) is 6.35. The second kappa shape index (κ2) is 6.88. The van der Waals surface area contributed by atoms with Crippen LogP contribution in [0.2, 0.25) is 0 Å². The molecule has 0 bridgehead atoms. The number of hydrogen-bond acceptors (Lipinski definition) is 7. The quantitative estimate of drug-likeness (QED) is 0.653. The molecule has 0 unspecified atom stereocenters. The third-order valence-electron chi connectivity index (χ3n) is 2.77. The van der Waals surface area contributed by atoms with Crippen molar-refractivity contribution in [1.29, 1.82) is 0 Å². The second-order valence-corrected chi connectivity index (χ2v) is 6.83. The Bertz CT molecular complexity index is 893. The molecule has 2 rings (SSSR count).